The molecular formula is C18H20N2O2. The van der Waals surface area contributed by atoms with Gasteiger partial charge in [0.1, 0.15) is 12.4 Å². The minimum absolute atomic E-state index is 0.0829. The Balaban J connectivity index is 1.65. The van der Waals surface area contributed by atoms with Crippen LogP contribution in [0.25, 0.3) is 11.1 Å². The van der Waals surface area contributed by atoms with Crippen LogP contribution in [0.3, 0.4) is 0 Å². The molecule has 1 heterocycles. The minimum Gasteiger partial charge on any atom is -0.490 e. The number of aryl methyl sites for hydroxylation is 1. The Bertz CT molecular complexity index is 665. The van der Waals surface area contributed by atoms with Crippen molar-refractivity contribution < 1.29 is 9.47 Å². The van der Waals surface area contributed by atoms with Crippen LogP contribution in [0.5, 0.6) is 5.75 Å². The summed E-state index contributed by atoms with van der Waals surface area (Å²) in [6.45, 7) is 3.19. The lowest BCUT2D eigenvalue weighted by Crippen LogP contribution is -2.24. The third-order valence-electron chi connectivity index (χ3n) is 3.74. The van der Waals surface area contributed by atoms with Crippen molar-refractivity contribution in [2.75, 3.05) is 13.2 Å². The summed E-state index contributed by atoms with van der Waals surface area (Å²) in [5, 5.41) is 0. The van der Waals surface area contributed by atoms with Crippen LogP contribution in [0.2, 0.25) is 0 Å². The number of nitrogens with zero attached hydrogens (tertiary/aromatic N) is 1. The Morgan fingerprint density at radius 2 is 1.95 bits per heavy atom. The third kappa shape index (κ3) is 3.22. The molecule has 1 aliphatic rings. The molecule has 0 bridgehead atoms. The number of hydrogen-bond acceptors (Lipinski definition) is 4. The molecule has 4 heteroatoms. The van der Waals surface area contributed by atoms with Crippen molar-refractivity contribution in [2.24, 2.45) is 10.7 Å². The predicted molar refractivity (Wildman–Crippen MR) is 88.1 cm³/mol. The number of ether oxygens (including phenoxy) is 2. The topological polar surface area (TPSA) is 56.8 Å². The van der Waals surface area contributed by atoms with E-state index in [1.54, 1.807) is 0 Å². The second-order valence-corrected chi connectivity index (χ2v) is 5.26. The quantitative estimate of drug-likeness (QED) is 0.922. The second kappa shape index (κ2) is 6.52. The summed E-state index contributed by atoms with van der Waals surface area (Å²) in [5.41, 5.74) is 9.31. The highest BCUT2D eigenvalue weighted by atomic mass is 16.5. The molecule has 0 saturated heterocycles. The summed E-state index contributed by atoms with van der Waals surface area (Å²) in [7, 11) is 0. The third-order valence-corrected chi connectivity index (χ3v) is 3.74. The highest BCUT2D eigenvalue weighted by Gasteiger charge is 2.18. The van der Waals surface area contributed by atoms with Crippen LogP contribution >= 0.6 is 0 Å². The fraction of sp³-hybridized carbons (Fsp3) is 0.278. The molecule has 0 spiro atoms. The average Bonchev–Trinajstić information content (AvgIpc) is 2.99. The van der Waals surface area contributed by atoms with Gasteiger partial charge in [0.05, 0.1) is 6.54 Å². The van der Waals surface area contributed by atoms with Crippen LogP contribution in [0.4, 0.5) is 0 Å². The standard InChI is InChI=1S/C18H20N2O2/c1-2-13-5-3-4-6-17(13)14-7-9-15(10-8-14)21-12-16-11-20-18(19)22-16/h3-10,16H,2,11-12H2,1H3,(H2,19,20)/t16-/m0/s1. The van der Waals surface area contributed by atoms with E-state index in [9.17, 15) is 0 Å². The first-order chi connectivity index (χ1) is 10.8. The normalized spacial score (nSPS) is 17.0. The molecule has 0 amide bonds. The Labute approximate surface area is 130 Å². The lowest BCUT2D eigenvalue weighted by Gasteiger charge is -2.12. The van der Waals surface area contributed by atoms with Gasteiger partial charge < -0.3 is 15.2 Å². The minimum atomic E-state index is -0.0829. The predicted octanol–water partition coefficient (Wildman–Crippen LogP) is 3.01. The molecule has 1 aliphatic heterocycles. The zero-order valence-electron chi connectivity index (χ0n) is 12.7. The number of aliphatic imine (C=N–C) groups is 1. The van der Waals surface area contributed by atoms with Gasteiger partial charge in [-0.25, -0.2) is 4.99 Å². The molecule has 22 heavy (non-hydrogen) atoms. The highest BCUT2D eigenvalue weighted by molar-refractivity contribution is 5.73. The maximum Gasteiger partial charge on any atom is 0.282 e. The lowest BCUT2D eigenvalue weighted by atomic mass is 9.98. The van der Waals surface area contributed by atoms with Crippen molar-refractivity contribution in [3.05, 3.63) is 54.1 Å². The molecular weight excluding hydrogens is 276 g/mol. The summed E-state index contributed by atoms with van der Waals surface area (Å²) in [4.78, 5) is 3.99. The SMILES string of the molecule is CCc1ccccc1-c1ccc(OC[C@@H]2CN=C(N)O2)cc1. The molecule has 1 atom stereocenters. The van der Waals surface area contributed by atoms with Crippen molar-refractivity contribution in [3.8, 4) is 16.9 Å². The Morgan fingerprint density at radius 3 is 2.64 bits per heavy atom. The molecule has 3 rings (SSSR count). The molecule has 0 unspecified atom stereocenters. The summed E-state index contributed by atoms with van der Waals surface area (Å²) < 4.78 is 11.0. The number of nitrogens with two attached hydrogens (primary N) is 1. The first-order valence-corrected chi connectivity index (χ1v) is 7.54. The van der Waals surface area contributed by atoms with Gasteiger partial charge in [-0.15, -0.1) is 0 Å². The zero-order valence-corrected chi connectivity index (χ0v) is 12.7. The number of rotatable bonds is 5. The number of benzene rings is 2. The maximum atomic E-state index is 5.73. The van der Waals surface area contributed by atoms with Gasteiger partial charge in [0.15, 0.2) is 6.10 Å². The van der Waals surface area contributed by atoms with Crippen LogP contribution in [0.1, 0.15) is 12.5 Å². The first-order valence-electron chi connectivity index (χ1n) is 7.54. The van der Waals surface area contributed by atoms with Gasteiger partial charge in [0.25, 0.3) is 6.02 Å². The highest BCUT2D eigenvalue weighted by Crippen LogP contribution is 2.26. The Hall–Kier alpha value is -2.49. The van der Waals surface area contributed by atoms with E-state index < -0.39 is 0 Å². The second-order valence-electron chi connectivity index (χ2n) is 5.26. The largest absolute Gasteiger partial charge is 0.490 e. The van der Waals surface area contributed by atoms with Gasteiger partial charge in [0.2, 0.25) is 0 Å². The van der Waals surface area contributed by atoms with Gasteiger partial charge in [-0.3, -0.25) is 0 Å². The monoisotopic (exact) mass is 296 g/mol. The molecule has 0 saturated carbocycles. The van der Waals surface area contributed by atoms with E-state index in [0.717, 1.165) is 12.2 Å². The van der Waals surface area contributed by atoms with Crippen molar-refractivity contribution in [3.63, 3.8) is 0 Å². The van der Waals surface area contributed by atoms with Gasteiger partial charge in [-0.1, -0.05) is 43.3 Å². The fourth-order valence-corrected chi connectivity index (χ4v) is 2.55. The van der Waals surface area contributed by atoms with Gasteiger partial charge >= 0.3 is 0 Å². The summed E-state index contributed by atoms with van der Waals surface area (Å²) in [6, 6.07) is 16.9. The summed E-state index contributed by atoms with van der Waals surface area (Å²) in [5.74, 6) is 0.826. The maximum absolute atomic E-state index is 5.73. The van der Waals surface area contributed by atoms with Gasteiger partial charge in [-0.2, -0.15) is 0 Å². The van der Waals surface area contributed by atoms with Gasteiger partial charge in [-0.05, 0) is 35.2 Å². The van der Waals surface area contributed by atoms with E-state index in [-0.39, 0.29) is 12.1 Å². The zero-order chi connectivity index (χ0) is 15.4. The first kappa shape index (κ1) is 14.4. The molecule has 0 aliphatic carbocycles. The van der Waals surface area contributed by atoms with Gasteiger partial charge in [0, 0.05) is 0 Å². The lowest BCUT2D eigenvalue weighted by molar-refractivity contribution is 0.141. The molecule has 4 nitrogen and oxygen atoms in total. The van der Waals surface area contributed by atoms with Crippen molar-refractivity contribution in [1.29, 1.82) is 0 Å². The Morgan fingerprint density at radius 1 is 1.18 bits per heavy atom. The molecule has 2 N–H and O–H groups in total. The van der Waals surface area contributed by atoms with Crippen molar-refractivity contribution in [1.82, 2.24) is 0 Å². The van der Waals surface area contributed by atoms with E-state index in [1.807, 2.05) is 12.1 Å². The van der Waals surface area contributed by atoms with Crippen LogP contribution in [-0.2, 0) is 11.2 Å². The van der Waals surface area contributed by atoms with Crippen molar-refractivity contribution in [2.45, 2.75) is 19.4 Å². The van der Waals surface area contributed by atoms with E-state index in [0.29, 0.717) is 13.2 Å². The number of hydrogen-bond donors (Lipinski definition) is 1. The van der Waals surface area contributed by atoms with E-state index in [4.69, 9.17) is 15.2 Å². The van der Waals surface area contributed by atoms with Crippen molar-refractivity contribution >= 4 is 6.02 Å². The van der Waals surface area contributed by atoms with Crippen LogP contribution in [0, 0.1) is 0 Å². The van der Waals surface area contributed by atoms with Crippen LogP contribution < -0.4 is 10.5 Å². The average molecular weight is 296 g/mol. The molecule has 0 aromatic heterocycles. The molecule has 114 valence electrons. The molecule has 0 radical (unpaired) electrons. The number of amidine groups is 1. The van der Waals surface area contributed by atoms with E-state index >= 15 is 0 Å². The van der Waals surface area contributed by atoms with E-state index in [2.05, 4.69) is 48.3 Å². The molecule has 0 fully saturated rings. The fourth-order valence-electron chi connectivity index (χ4n) is 2.55. The summed E-state index contributed by atoms with van der Waals surface area (Å²) >= 11 is 0. The summed E-state index contributed by atoms with van der Waals surface area (Å²) in [6.07, 6.45) is 0.940. The van der Waals surface area contributed by atoms with E-state index in [1.165, 1.54) is 16.7 Å². The van der Waals surface area contributed by atoms with Crippen LogP contribution in [0.15, 0.2) is 53.5 Å². The van der Waals surface area contributed by atoms with Crippen LogP contribution in [-0.4, -0.2) is 25.3 Å². The smallest absolute Gasteiger partial charge is 0.282 e. The Kier molecular flexibility index (Phi) is 4.28. The molecule has 2 aromatic rings. The molecule has 2 aromatic carbocycles.